The minimum atomic E-state index is -0.673. The summed E-state index contributed by atoms with van der Waals surface area (Å²) >= 11 is 0. The number of hydrogen-bond acceptors (Lipinski definition) is 5. The van der Waals surface area contributed by atoms with E-state index in [9.17, 15) is 19.8 Å². The normalized spacial score (nSPS) is 12.6. The van der Waals surface area contributed by atoms with Crippen LogP contribution in [0, 0.1) is 0 Å². The smallest absolute Gasteiger partial charge is 0.305 e. The van der Waals surface area contributed by atoms with Crippen LogP contribution in [-0.2, 0) is 14.3 Å². The molecule has 0 aromatic carbocycles. The minimum absolute atomic E-state index is 0.00213. The number of aliphatic hydroxyl groups is 2. The Morgan fingerprint density at radius 3 is 1.09 bits per heavy atom. The van der Waals surface area contributed by atoms with Crippen molar-refractivity contribution in [2.24, 2.45) is 0 Å². The Balaban J connectivity index is 3.43. The second-order valence-electron chi connectivity index (χ2n) is 20.3. The maximum Gasteiger partial charge on any atom is 0.305 e. The molecule has 0 aromatic rings. The van der Waals surface area contributed by atoms with Crippen molar-refractivity contribution in [3.05, 3.63) is 12.2 Å². The number of hydrogen-bond donors (Lipinski definition) is 3. The van der Waals surface area contributed by atoms with Crippen LogP contribution in [0.3, 0.4) is 0 Å². The SMILES string of the molecule is CCCCCCCCCCCCCCCCCCCCC(=O)OCCCCCCCCC/C=C\CCCCCCCC(=O)NC(CO)C(O)CCCCCCCCCCCCCCCC. The van der Waals surface area contributed by atoms with Gasteiger partial charge >= 0.3 is 5.97 Å². The van der Waals surface area contributed by atoms with Gasteiger partial charge in [-0.3, -0.25) is 9.59 Å². The molecular weight excluding hydrogens is 803 g/mol. The largest absolute Gasteiger partial charge is 0.466 e. The fraction of sp³-hybridized carbons (Fsp3) is 0.932. The average molecular weight is 919 g/mol. The number of carbonyl (C=O) groups excluding carboxylic acids is 2. The maximum atomic E-state index is 12.5. The first-order valence-corrected chi connectivity index (χ1v) is 29.4. The van der Waals surface area contributed by atoms with Crippen molar-refractivity contribution in [2.75, 3.05) is 13.2 Å². The van der Waals surface area contributed by atoms with Crippen LogP contribution in [0.15, 0.2) is 12.2 Å². The molecule has 0 aliphatic rings. The van der Waals surface area contributed by atoms with Gasteiger partial charge in [-0.25, -0.2) is 0 Å². The molecule has 0 radical (unpaired) electrons. The Kier molecular flexibility index (Phi) is 54.0. The summed E-state index contributed by atoms with van der Waals surface area (Å²) in [5, 5.41) is 23.2. The zero-order valence-electron chi connectivity index (χ0n) is 44.0. The van der Waals surface area contributed by atoms with E-state index in [1.807, 2.05) is 0 Å². The third kappa shape index (κ3) is 51.8. The van der Waals surface area contributed by atoms with E-state index in [2.05, 4.69) is 31.3 Å². The van der Waals surface area contributed by atoms with Crippen LogP contribution >= 0.6 is 0 Å². The average Bonchev–Trinajstić information content (AvgIpc) is 3.31. The number of aliphatic hydroxyl groups excluding tert-OH is 2. The van der Waals surface area contributed by atoms with Crippen molar-refractivity contribution in [1.82, 2.24) is 5.32 Å². The van der Waals surface area contributed by atoms with Gasteiger partial charge < -0.3 is 20.3 Å². The monoisotopic (exact) mass is 918 g/mol. The van der Waals surface area contributed by atoms with Crippen LogP contribution in [0.2, 0.25) is 0 Å². The van der Waals surface area contributed by atoms with Gasteiger partial charge in [0, 0.05) is 12.8 Å². The quantitative estimate of drug-likeness (QED) is 0.0321. The highest BCUT2D eigenvalue weighted by Gasteiger charge is 2.20. The summed E-state index contributed by atoms with van der Waals surface area (Å²) < 4.78 is 5.49. The molecule has 2 unspecified atom stereocenters. The first-order valence-electron chi connectivity index (χ1n) is 29.4. The van der Waals surface area contributed by atoms with Crippen molar-refractivity contribution in [2.45, 2.75) is 341 Å². The van der Waals surface area contributed by atoms with Gasteiger partial charge in [0.25, 0.3) is 0 Å². The molecular formula is C59H115NO5. The Morgan fingerprint density at radius 1 is 0.415 bits per heavy atom. The summed E-state index contributed by atoms with van der Waals surface area (Å²) in [5.74, 6) is -0.0481. The van der Waals surface area contributed by atoms with E-state index < -0.39 is 12.1 Å². The van der Waals surface area contributed by atoms with Crippen molar-refractivity contribution >= 4 is 11.9 Å². The lowest BCUT2D eigenvalue weighted by Gasteiger charge is -2.22. The predicted octanol–water partition coefficient (Wildman–Crippen LogP) is 18.1. The molecule has 1 amide bonds. The van der Waals surface area contributed by atoms with Crippen LogP contribution in [0.1, 0.15) is 328 Å². The van der Waals surface area contributed by atoms with Gasteiger partial charge in [0.15, 0.2) is 0 Å². The van der Waals surface area contributed by atoms with Gasteiger partial charge in [-0.15, -0.1) is 0 Å². The highest BCUT2D eigenvalue weighted by atomic mass is 16.5. The molecule has 3 N–H and O–H groups in total. The van der Waals surface area contributed by atoms with Crippen molar-refractivity contribution < 1.29 is 24.5 Å². The predicted molar refractivity (Wildman–Crippen MR) is 283 cm³/mol. The number of amides is 1. The summed E-state index contributed by atoms with van der Waals surface area (Å²) in [6.07, 6.45) is 64.9. The van der Waals surface area contributed by atoms with Gasteiger partial charge in [0.2, 0.25) is 5.91 Å². The van der Waals surface area contributed by atoms with Gasteiger partial charge in [0.1, 0.15) is 0 Å². The molecule has 0 saturated carbocycles. The van der Waals surface area contributed by atoms with E-state index in [-0.39, 0.29) is 18.5 Å². The number of allylic oxidation sites excluding steroid dienone is 2. The molecule has 0 aliphatic heterocycles. The number of esters is 1. The van der Waals surface area contributed by atoms with Gasteiger partial charge in [0.05, 0.1) is 25.4 Å². The lowest BCUT2D eigenvalue weighted by atomic mass is 10.0. The maximum absolute atomic E-state index is 12.5. The first kappa shape index (κ1) is 63.6. The fourth-order valence-electron chi connectivity index (χ4n) is 9.28. The molecule has 0 rings (SSSR count). The van der Waals surface area contributed by atoms with Gasteiger partial charge in [-0.05, 0) is 51.4 Å². The molecule has 0 fully saturated rings. The van der Waals surface area contributed by atoms with Crippen LogP contribution in [0.5, 0.6) is 0 Å². The summed E-state index contributed by atoms with van der Waals surface area (Å²) in [7, 11) is 0. The van der Waals surface area contributed by atoms with E-state index in [4.69, 9.17) is 4.74 Å². The van der Waals surface area contributed by atoms with Gasteiger partial charge in [-0.2, -0.15) is 0 Å². The Labute approximate surface area is 406 Å². The number of unbranched alkanes of at least 4 members (excludes halogenated alkanes) is 42. The molecule has 6 heteroatoms. The number of carbonyl (C=O) groups is 2. The van der Waals surface area contributed by atoms with Crippen LogP contribution in [0.4, 0.5) is 0 Å². The Morgan fingerprint density at radius 2 is 0.723 bits per heavy atom. The zero-order valence-corrected chi connectivity index (χ0v) is 44.0. The van der Waals surface area contributed by atoms with Crippen molar-refractivity contribution in [3.8, 4) is 0 Å². The lowest BCUT2D eigenvalue weighted by Crippen LogP contribution is -2.45. The molecule has 0 bridgehead atoms. The molecule has 0 aromatic heterocycles. The topological polar surface area (TPSA) is 95.9 Å². The Hall–Kier alpha value is -1.40. The standard InChI is InChI=1S/C59H115NO5/c1-3-5-7-9-11-13-15-17-19-20-21-25-29-33-37-41-45-49-53-59(64)65-54-50-46-42-38-34-30-26-23-22-24-28-32-36-40-44-48-52-58(63)60-56(55-61)57(62)51-47-43-39-35-31-27-18-16-14-12-10-8-6-4-2/h22,24,56-57,61-62H,3-21,23,25-55H2,1-2H3,(H,60,63)/b24-22-. The molecule has 386 valence electrons. The van der Waals surface area contributed by atoms with Crippen LogP contribution in [-0.4, -0.2) is 47.4 Å². The van der Waals surface area contributed by atoms with E-state index in [1.165, 1.54) is 231 Å². The van der Waals surface area contributed by atoms with E-state index in [1.54, 1.807) is 0 Å². The van der Waals surface area contributed by atoms with Gasteiger partial charge in [-0.1, -0.05) is 276 Å². The second-order valence-corrected chi connectivity index (χ2v) is 20.3. The lowest BCUT2D eigenvalue weighted by molar-refractivity contribution is -0.143. The molecule has 65 heavy (non-hydrogen) atoms. The highest BCUT2D eigenvalue weighted by molar-refractivity contribution is 5.76. The molecule has 0 heterocycles. The number of nitrogens with one attached hydrogen (secondary N) is 1. The fourth-order valence-corrected chi connectivity index (χ4v) is 9.28. The third-order valence-electron chi connectivity index (χ3n) is 13.8. The second kappa shape index (κ2) is 55.2. The molecule has 0 aliphatic carbocycles. The van der Waals surface area contributed by atoms with E-state index in [0.29, 0.717) is 25.9 Å². The van der Waals surface area contributed by atoms with Crippen molar-refractivity contribution in [1.29, 1.82) is 0 Å². The summed E-state index contributed by atoms with van der Waals surface area (Å²) in [4.78, 5) is 24.5. The first-order chi connectivity index (χ1) is 32.0. The molecule has 6 nitrogen and oxygen atoms in total. The molecule has 2 atom stereocenters. The summed E-state index contributed by atoms with van der Waals surface area (Å²) in [6, 6.07) is -0.552. The van der Waals surface area contributed by atoms with Crippen LogP contribution in [0.25, 0.3) is 0 Å². The van der Waals surface area contributed by atoms with Crippen molar-refractivity contribution in [3.63, 3.8) is 0 Å². The Bertz CT molecular complexity index is 970. The number of rotatable bonds is 55. The number of ether oxygens (including phenoxy) is 1. The summed E-state index contributed by atoms with van der Waals surface area (Å²) in [6.45, 7) is 4.95. The molecule has 0 spiro atoms. The summed E-state index contributed by atoms with van der Waals surface area (Å²) in [5.41, 5.74) is 0. The third-order valence-corrected chi connectivity index (χ3v) is 13.8. The van der Waals surface area contributed by atoms with E-state index >= 15 is 0 Å². The van der Waals surface area contributed by atoms with E-state index in [0.717, 1.165) is 64.2 Å². The molecule has 0 saturated heterocycles. The zero-order chi connectivity index (χ0) is 47.2. The highest BCUT2D eigenvalue weighted by Crippen LogP contribution is 2.17. The minimum Gasteiger partial charge on any atom is -0.466 e. The van der Waals surface area contributed by atoms with Crippen LogP contribution < -0.4 is 5.32 Å².